The van der Waals surface area contributed by atoms with Crippen LogP contribution in [0.25, 0.3) is 0 Å². The Hall–Kier alpha value is -0.610. The minimum atomic E-state index is -0.474. The Bertz CT molecular complexity index is 271. The van der Waals surface area contributed by atoms with E-state index < -0.39 is 5.54 Å². The van der Waals surface area contributed by atoms with Crippen LogP contribution in [0, 0.1) is 0 Å². The second kappa shape index (κ2) is 7.10. The molecule has 18 heavy (non-hydrogen) atoms. The molecule has 1 N–H and O–H groups in total. The van der Waals surface area contributed by atoms with Crippen molar-refractivity contribution in [3.05, 3.63) is 0 Å². The van der Waals surface area contributed by atoms with Crippen LogP contribution in [0.3, 0.4) is 0 Å². The summed E-state index contributed by atoms with van der Waals surface area (Å²) < 4.78 is 4.97. The molecular formula is C14H28N2O2. The average molecular weight is 256 g/mol. The fourth-order valence-corrected chi connectivity index (χ4v) is 2.92. The normalized spacial score (nSPS) is 28.4. The minimum absolute atomic E-state index is 0.112. The van der Waals surface area contributed by atoms with Crippen LogP contribution in [-0.2, 0) is 9.53 Å². The van der Waals surface area contributed by atoms with E-state index in [0.717, 1.165) is 25.8 Å². The zero-order valence-corrected chi connectivity index (χ0v) is 12.3. The second-order valence-electron chi connectivity index (χ2n) is 5.41. The van der Waals surface area contributed by atoms with Crippen LogP contribution >= 0.6 is 0 Å². The SMILES string of the molecule is CCCCN(C)C1CCCC(NC)(C(=O)OC)C1. The van der Waals surface area contributed by atoms with Crippen LogP contribution in [-0.4, -0.2) is 50.2 Å². The molecule has 106 valence electrons. The van der Waals surface area contributed by atoms with Gasteiger partial charge in [-0.05, 0) is 52.7 Å². The lowest BCUT2D eigenvalue weighted by Crippen LogP contribution is -2.57. The first kappa shape index (κ1) is 15.4. The maximum atomic E-state index is 12.0. The van der Waals surface area contributed by atoms with Crippen LogP contribution in [0.15, 0.2) is 0 Å². The first-order valence-electron chi connectivity index (χ1n) is 7.07. The zero-order valence-electron chi connectivity index (χ0n) is 12.3. The standard InChI is InChI=1S/C14H28N2O2/c1-5-6-10-16(3)12-8-7-9-14(11-12,15-2)13(17)18-4/h12,15H,5-11H2,1-4H3. The Labute approximate surface area is 111 Å². The number of rotatable bonds is 6. The lowest BCUT2D eigenvalue weighted by molar-refractivity contribution is -0.150. The van der Waals surface area contributed by atoms with E-state index in [1.54, 1.807) is 0 Å². The lowest BCUT2D eigenvalue weighted by atomic mass is 9.78. The van der Waals surface area contributed by atoms with Gasteiger partial charge in [-0.2, -0.15) is 0 Å². The van der Waals surface area contributed by atoms with E-state index in [0.29, 0.717) is 6.04 Å². The van der Waals surface area contributed by atoms with E-state index in [1.807, 2.05) is 7.05 Å². The van der Waals surface area contributed by atoms with Gasteiger partial charge in [0.2, 0.25) is 0 Å². The largest absolute Gasteiger partial charge is 0.468 e. The predicted molar refractivity (Wildman–Crippen MR) is 73.6 cm³/mol. The summed E-state index contributed by atoms with van der Waals surface area (Å²) in [7, 11) is 5.51. The number of carbonyl (C=O) groups is 1. The average Bonchev–Trinajstić information content (AvgIpc) is 2.43. The Kier molecular flexibility index (Phi) is 6.09. The molecule has 0 radical (unpaired) electrons. The smallest absolute Gasteiger partial charge is 0.326 e. The number of methoxy groups -OCH3 is 1. The Morgan fingerprint density at radius 2 is 2.28 bits per heavy atom. The number of esters is 1. The molecule has 4 heteroatoms. The molecule has 2 unspecified atom stereocenters. The van der Waals surface area contributed by atoms with Crippen LogP contribution in [0.2, 0.25) is 0 Å². The molecular weight excluding hydrogens is 228 g/mol. The number of carbonyl (C=O) groups excluding carboxylic acids is 1. The molecule has 1 saturated carbocycles. The summed E-state index contributed by atoms with van der Waals surface area (Å²) in [5.74, 6) is -0.112. The molecule has 4 nitrogen and oxygen atoms in total. The van der Waals surface area contributed by atoms with Crippen molar-refractivity contribution in [1.29, 1.82) is 0 Å². The molecule has 0 spiro atoms. The van der Waals surface area contributed by atoms with Crippen LogP contribution < -0.4 is 5.32 Å². The molecule has 0 bridgehead atoms. The zero-order chi connectivity index (χ0) is 13.6. The van der Waals surface area contributed by atoms with E-state index in [2.05, 4.69) is 24.2 Å². The number of hydrogen-bond donors (Lipinski definition) is 1. The highest BCUT2D eigenvalue weighted by Gasteiger charge is 2.43. The highest BCUT2D eigenvalue weighted by Crippen LogP contribution is 2.31. The molecule has 0 aromatic heterocycles. The summed E-state index contributed by atoms with van der Waals surface area (Å²) in [5.41, 5.74) is -0.474. The van der Waals surface area contributed by atoms with Gasteiger partial charge in [0, 0.05) is 6.04 Å². The molecule has 1 aliphatic rings. The van der Waals surface area contributed by atoms with Gasteiger partial charge in [0.05, 0.1) is 7.11 Å². The van der Waals surface area contributed by atoms with Gasteiger partial charge in [-0.1, -0.05) is 13.3 Å². The highest BCUT2D eigenvalue weighted by molar-refractivity contribution is 5.81. The van der Waals surface area contributed by atoms with Crippen molar-refractivity contribution < 1.29 is 9.53 Å². The minimum Gasteiger partial charge on any atom is -0.468 e. The number of nitrogens with one attached hydrogen (secondary N) is 1. The van der Waals surface area contributed by atoms with Gasteiger partial charge in [0.25, 0.3) is 0 Å². The third-order valence-corrected chi connectivity index (χ3v) is 4.27. The summed E-state index contributed by atoms with van der Waals surface area (Å²) in [6, 6.07) is 0.483. The van der Waals surface area contributed by atoms with E-state index in [1.165, 1.54) is 26.4 Å². The van der Waals surface area contributed by atoms with Gasteiger partial charge in [-0.15, -0.1) is 0 Å². The highest BCUT2D eigenvalue weighted by atomic mass is 16.5. The molecule has 0 aliphatic heterocycles. The van der Waals surface area contributed by atoms with Gasteiger partial charge in [-0.3, -0.25) is 4.79 Å². The molecule has 1 fully saturated rings. The van der Waals surface area contributed by atoms with E-state index >= 15 is 0 Å². The number of nitrogens with zero attached hydrogens (tertiary/aromatic N) is 1. The van der Waals surface area contributed by atoms with Gasteiger partial charge < -0.3 is 15.0 Å². The van der Waals surface area contributed by atoms with Crippen LogP contribution in [0.5, 0.6) is 0 Å². The van der Waals surface area contributed by atoms with Crippen molar-refractivity contribution in [3.63, 3.8) is 0 Å². The third kappa shape index (κ3) is 3.45. The lowest BCUT2D eigenvalue weighted by Gasteiger charge is -2.41. The second-order valence-corrected chi connectivity index (χ2v) is 5.41. The van der Waals surface area contributed by atoms with E-state index in [9.17, 15) is 4.79 Å². The monoisotopic (exact) mass is 256 g/mol. The van der Waals surface area contributed by atoms with Crippen LogP contribution in [0.4, 0.5) is 0 Å². The van der Waals surface area contributed by atoms with Crippen molar-refractivity contribution in [2.75, 3.05) is 27.7 Å². The molecule has 1 aliphatic carbocycles. The van der Waals surface area contributed by atoms with Gasteiger partial charge in [-0.25, -0.2) is 0 Å². The molecule has 0 aromatic rings. The molecule has 0 amide bonds. The maximum absolute atomic E-state index is 12.0. The van der Waals surface area contributed by atoms with Crippen molar-refractivity contribution in [1.82, 2.24) is 10.2 Å². The summed E-state index contributed by atoms with van der Waals surface area (Å²) in [6.07, 6.45) is 6.44. The van der Waals surface area contributed by atoms with E-state index in [-0.39, 0.29) is 5.97 Å². The fourth-order valence-electron chi connectivity index (χ4n) is 2.92. The van der Waals surface area contributed by atoms with Crippen molar-refractivity contribution in [2.24, 2.45) is 0 Å². The number of ether oxygens (including phenoxy) is 1. The first-order valence-corrected chi connectivity index (χ1v) is 7.07. The molecule has 2 atom stereocenters. The van der Waals surface area contributed by atoms with Gasteiger partial charge in [0.1, 0.15) is 5.54 Å². The third-order valence-electron chi connectivity index (χ3n) is 4.27. The summed E-state index contributed by atoms with van der Waals surface area (Å²) >= 11 is 0. The summed E-state index contributed by atoms with van der Waals surface area (Å²) in [6.45, 7) is 3.32. The maximum Gasteiger partial charge on any atom is 0.326 e. The van der Waals surface area contributed by atoms with Gasteiger partial charge in [0.15, 0.2) is 0 Å². The molecule has 1 rings (SSSR count). The molecule has 0 saturated heterocycles. The predicted octanol–water partition coefficient (Wildman–Crippen LogP) is 1.79. The Morgan fingerprint density at radius 3 is 2.83 bits per heavy atom. The Morgan fingerprint density at radius 1 is 1.56 bits per heavy atom. The fraction of sp³-hybridized carbons (Fsp3) is 0.929. The van der Waals surface area contributed by atoms with Crippen molar-refractivity contribution in [3.8, 4) is 0 Å². The van der Waals surface area contributed by atoms with Crippen molar-refractivity contribution in [2.45, 2.75) is 57.0 Å². The summed E-state index contributed by atoms with van der Waals surface area (Å²) in [5, 5.41) is 3.21. The van der Waals surface area contributed by atoms with Crippen LogP contribution in [0.1, 0.15) is 45.4 Å². The number of hydrogen-bond acceptors (Lipinski definition) is 4. The topological polar surface area (TPSA) is 41.6 Å². The first-order chi connectivity index (χ1) is 8.59. The molecule has 0 heterocycles. The van der Waals surface area contributed by atoms with Gasteiger partial charge >= 0.3 is 5.97 Å². The number of likely N-dealkylation sites (N-methyl/N-ethyl adjacent to an activating group) is 1. The molecule has 0 aromatic carbocycles. The Balaban J connectivity index is 2.66. The number of unbranched alkanes of at least 4 members (excludes halogenated alkanes) is 1. The van der Waals surface area contributed by atoms with E-state index in [4.69, 9.17) is 4.74 Å². The quantitative estimate of drug-likeness (QED) is 0.736. The summed E-state index contributed by atoms with van der Waals surface area (Å²) in [4.78, 5) is 14.4. The van der Waals surface area contributed by atoms with Crippen molar-refractivity contribution >= 4 is 5.97 Å².